The van der Waals surface area contributed by atoms with Gasteiger partial charge in [-0.1, -0.05) is 28.1 Å². The number of rotatable bonds is 6. The highest BCUT2D eigenvalue weighted by Crippen LogP contribution is 2.10. The Morgan fingerprint density at radius 3 is 2.52 bits per heavy atom. The number of carbonyl (C=O) groups is 1. The number of hydrogen-bond acceptors (Lipinski definition) is 3. The van der Waals surface area contributed by atoms with E-state index in [1.807, 2.05) is 12.1 Å². The first-order chi connectivity index (χ1) is 10.2. The number of piperazine rings is 1. The zero-order chi connectivity index (χ0) is 14.9. The third-order valence-corrected chi connectivity index (χ3v) is 4.06. The molecule has 1 saturated heterocycles. The Morgan fingerprint density at radius 2 is 1.81 bits per heavy atom. The molecule has 21 heavy (non-hydrogen) atoms. The molecular formula is C15H23BrN4O. The molecule has 2 amide bonds. The lowest BCUT2D eigenvalue weighted by Gasteiger charge is -2.27. The van der Waals surface area contributed by atoms with Gasteiger partial charge in [-0.3, -0.25) is 4.90 Å². The van der Waals surface area contributed by atoms with Crippen LogP contribution in [-0.2, 0) is 6.42 Å². The molecule has 0 spiro atoms. The van der Waals surface area contributed by atoms with Gasteiger partial charge in [-0.25, -0.2) is 4.79 Å². The van der Waals surface area contributed by atoms with Crippen molar-refractivity contribution in [3.8, 4) is 0 Å². The summed E-state index contributed by atoms with van der Waals surface area (Å²) in [6.07, 6.45) is 0.846. The lowest BCUT2D eigenvalue weighted by molar-refractivity contribution is 0.227. The normalized spacial score (nSPS) is 15.7. The van der Waals surface area contributed by atoms with Gasteiger partial charge >= 0.3 is 6.03 Å². The van der Waals surface area contributed by atoms with E-state index in [1.54, 1.807) is 0 Å². The minimum atomic E-state index is -0.0813. The molecule has 1 aromatic rings. The Kier molecular flexibility index (Phi) is 6.99. The van der Waals surface area contributed by atoms with Crippen LogP contribution in [0.4, 0.5) is 4.79 Å². The maximum Gasteiger partial charge on any atom is 0.314 e. The van der Waals surface area contributed by atoms with E-state index in [-0.39, 0.29) is 6.03 Å². The lowest BCUT2D eigenvalue weighted by Crippen LogP contribution is -2.47. The fourth-order valence-electron chi connectivity index (χ4n) is 2.30. The van der Waals surface area contributed by atoms with Crippen LogP contribution in [0.2, 0.25) is 0 Å². The molecule has 5 nitrogen and oxygen atoms in total. The minimum Gasteiger partial charge on any atom is -0.338 e. The van der Waals surface area contributed by atoms with Crippen molar-refractivity contribution in [2.24, 2.45) is 0 Å². The molecular weight excluding hydrogens is 332 g/mol. The first-order valence-corrected chi connectivity index (χ1v) is 8.22. The second kappa shape index (κ2) is 9.02. The molecule has 1 aliphatic heterocycles. The predicted molar refractivity (Wildman–Crippen MR) is 88.6 cm³/mol. The summed E-state index contributed by atoms with van der Waals surface area (Å²) in [5.41, 5.74) is 1.22. The Bertz CT molecular complexity index is 432. The molecule has 0 bridgehead atoms. The van der Waals surface area contributed by atoms with Crippen molar-refractivity contribution in [3.05, 3.63) is 34.3 Å². The SMILES string of the molecule is O=C(NCCc1ccc(Br)cc1)NCCN1CCNCC1. The minimum absolute atomic E-state index is 0.0813. The molecule has 0 aliphatic carbocycles. The van der Waals surface area contributed by atoms with Crippen molar-refractivity contribution < 1.29 is 4.79 Å². The van der Waals surface area contributed by atoms with E-state index in [1.165, 1.54) is 5.56 Å². The Labute approximate surface area is 134 Å². The monoisotopic (exact) mass is 354 g/mol. The van der Waals surface area contributed by atoms with Gasteiger partial charge in [-0.05, 0) is 24.1 Å². The summed E-state index contributed by atoms with van der Waals surface area (Å²) in [6.45, 7) is 6.48. The van der Waals surface area contributed by atoms with E-state index < -0.39 is 0 Å². The first-order valence-electron chi connectivity index (χ1n) is 7.43. The summed E-state index contributed by atoms with van der Waals surface area (Å²) < 4.78 is 1.07. The molecule has 116 valence electrons. The maximum atomic E-state index is 11.7. The van der Waals surface area contributed by atoms with E-state index >= 15 is 0 Å². The van der Waals surface area contributed by atoms with Crippen molar-refractivity contribution in [1.82, 2.24) is 20.9 Å². The van der Waals surface area contributed by atoms with Crippen molar-refractivity contribution in [1.29, 1.82) is 0 Å². The quantitative estimate of drug-likeness (QED) is 0.719. The van der Waals surface area contributed by atoms with Crippen molar-refractivity contribution in [3.63, 3.8) is 0 Å². The van der Waals surface area contributed by atoms with Crippen molar-refractivity contribution in [2.45, 2.75) is 6.42 Å². The number of benzene rings is 1. The number of amides is 2. The highest BCUT2D eigenvalue weighted by molar-refractivity contribution is 9.10. The van der Waals surface area contributed by atoms with Crippen LogP contribution in [0.1, 0.15) is 5.56 Å². The first kappa shape index (κ1) is 16.3. The third kappa shape index (κ3) is 6.46. The van der Waals surface area contributed by atoms with E-state index in [9.17, 15) is 4.79 Å². The van der Waals surface area contributed by atoms with Gasteiger partial charge in [0.25, 0.3) is 0 Å². The Hall–Kier alpha value is -1.11. The number of hydrogen-bond donors (Lipinski definition) is 3. The van der Waals surface area contributed by atoms with Crippen LogP contribution in [0.25, 0.3) is 0 Å². The molecule has 6 heteroatoms. The molecule has 0 saturated carbocycles. The second-order valence-electron chi connectivity index (χ2n) is 5.15. The molecule has 0 aromatic heterocycles. The standard InChI is InChI=1S/C15H23BrN4O/c16-14-3-1-13(2-4-14)5-6-18-15(21)19-9-12-20-10-7-17-8-11-20/h1-4,17H,5-12H2,(H2,18,19,21). The van der Waals surface area contributed by atoms with Gasteiger partial charge in [0.1, 0.15) is 0 Å². The fourth-order valence-corrected chi connectivity index (χ4v) is 2.56. The molecule has 1 aliphatic rings. The van der Waals surface area contributed by atoms with Crippen molar-refractivity contribution in [2.75, 3.05) is 45.8 Å². The average molecular weight is 355 g/mol. The number of halogens is 1. The van der Waals surface area contributed by atoms with E-state index in [0.29, 0.717) is 13.1 Å². The van der Waals surface area contributed by atoms with Crippen LogP contribution < -0.4 is 16.0 Å². The zero-order valence-electron chi connectivity index (χ0n) is 12.2. The van der Waals surface area contributed by atoms with E-state index in [2.05, 4.69) is 48.9 Å². The molecule has 1 aromatic carbocycles. The Balaban J connectivity index is 1.54. The fraction of sp³-hybridized carbons (Fsp3) is 0.533. The van der Waals surface area contributed by atoms with Crippen molar-refractivity contribution >= 4 is 22.0 Å². The second-order valence-corrected chi connectivity index (χ2v) is 6.07. The highest BCUT2D eigenvalue weighted by Gasteiger charge is 2.09. The zero-order valence-corrected chi connectivity index (χ0v) is 13.8. The summed E-state index contributed by atoms with van der Waals surface area (Å²) in [4.78, 5) is 14.0. The van der Waals surface area contributed by atoms with Gasteiger partial charge in [0, 0.05) is 50.3 Å². The van der Waals surface area contributed by atoms with Crippen LogP contribution in [0.5, 0.6) is 0 Å². The predicted octanol–water partition coefficient (Wildman–Crippen LogP) is 1.20. The number of carbonyl (C=O) groups excluding carboxylic acids is 1. The summed E-state index contributed by atoms with van der Waals surface area (Å²) in [5.74, 6) is 0. The molecule has 0 radical (unpaired) electrons. The number of nitrogens with one attached hydrogen (secondary N) is 3. The highest BCUT2D eigenvalue weighted by atomic mass is 79.9. The van der Waals surface area contributed by atoms with Gasteiger partial charge in [-0.15, -0.1) is 0 Å². The topological polar surface area (TPSA) is 56.4 Å². The van der Waals surface area contributed by atoms with E-state index in [4.69, 9.17) is 0 Å². The maximum absolute atomic E-state index is 11.7. The van der Waals surface area contributed by atoms with Gasteiger partial charge in [0.15, 0.2) is 0 Å². The van der Waals surface area contributed by atoms with Gasteiger partial charge in [0.05, 0.1) is 0 Å². The summed E-state index contributed by atoms with van der Waals surface area (Å²) in [7, 11) is 0. The molecule has 1 fully saturated rings. The molecule has 0 unspecified atom stereocenters. The van der Waals surface area contributed by atoms with Crippen LogP contribution >= 0.6 is 15.9 Å². The smallest absolute Gasteiger partial charge is 0.314 e. The molecule has 3 N–H and O–H groups in total. The molecule has 2 rings (SSSR count). The molecule has 1 heterocycles. The third-order valence-electron chi connectivity index (χ3n) is 3.54. The summed E-state index contributed by atoms with van der Waals surface area (Å²) >= 11 is 3.41. The average Bonchev–Trinajstić information content (AvgIpc) is 2.50. The summed E-state index contributed by atoms with van der Waals surface area (Å²) in [6, 6.07) is 8.08. The summed E-state index contributed by atoms with van der Waals surface area (Å²) in [5, 5.41) is 9.11. The largest absolute Gasteiger partial charge is 0.338 e. The lowest BCUT2D eigenvalue weighted by atomic mass is 10.1. The van der Waals surface area contributed by atoms with Gasteiger partial charge < -0.3 is 16.0 Å². The van der Waals surface area contributed by atoms with Gasteiger partial charge in [-0.2, -0.15) is 0 Å². The Morgan fingerprint density at radius 1 is 1.14 bits per heavy atom. The van der Waals surface area contributed by atoms with Crippen LogP contribution in [0.15, 0.2) is 28.7 Å². The number of nitrogens with zero attached hydrogens (tertiary/aromatic N) is 1. The van der Waals surface area contributed by atoms with Gasteiger partial charge in [0.2, 0.25) is 0 Å². The number of urea groups is 1. The molecule has 0 atom stereocenters. The van der Waals surface area contributed by atoms with Crippen LogP contribution in [0, 0.1) is 0 Å². The van der Waals surface area contributed by atoms with Crippen LogP contribution in [0.3, 0.4) is 0 Å². The van der Waals surface area contributed by atoms with E-state index in [0.717, 1.165) is 43.6 Å². The van der Waals surface area contributed by atoms with Crippen LogP contribution in [-0.4, -0.2) is 56.7 Å².